The Labute approximate surface area is 134 Å². The molecule has 0 aliphatic heterocycles. The Morgan fingerprint density at radius 1 is 1.09 bits per heavy atom. The molecule has 1 aromatic heterocycles. The summed E-state index contributed by atoms with van der Waals surface area (Å²) >= 11 is 0. The van der Waals surface area contributed by atoms with Gasteiger partial charge in [0, 0.05) is 12.1 Å². The summed E-state index contributed by atoms with van der Waals surface area (Å²) in [6, 6.07) is 13.3. The normalized spacial score (nSPS) is 10.7. The van der Waals surface area contributed by atoms with E-state index in [4.69, 9.17) is 0 Å². The molecule has 1 N–H and O–H groups in total. The molecule has 0 aliphatic rings. The van der Waals surface area contributed by atoms with Crippen LogP contribution in [0.3, 0.4) is 0 Å². The molecule has 0 radical (unpaired) electrons. The van der Waals surface area contributed by atoms with E-state index < -0.39 is 5.97 Å². The van der Waals surface area contributed by atoms with Gasteiger partial charge in [0.15, 0.2) is 0 Å². The zero-order valence-corrected chi connectivity index (χ0v) is 13.0. The molecule has 1 heterocycles. The second kappa shape index (κ2) is 6.04. The lowest BCUT2D eigenvalue weighted by atomic mass is 9.98. The predicted octanol–water partition coefficient (Wildman–Crippen LogP) is 3.64. The third kappa shape index (κ3) is 3.13. The maximum Gasteiger partial charge on any atom is 0.335 e. The minimum Gasteiger partial charge on any atom is -0.478 e. The second-order valence-corrected chi connectivity index (χ2v) is 5.43. The lowest BCUT2D eigenvalue weighted by Crippen LogP contribution is -1.97. The van der Waals surface area contributed by atoms with Crippen molar-refractivity contribution in [3.63, 3.8) is 0 Å². The van der Waals surface area contributed by atoms with Crippen LogP contribution in [0.15, 0.2) is 48.7 Å². The van der Waals surface area contributed by atoms with Crippen molar-refractivity contribution in [1.82, 2.24) is 15.0 Å². The first-order valence-corrected chi connectivity index (χ1v) is 7.42. The quantitative estimate of drug-likeness (QED) is 0.799. The monoisotopic (exact) mass is 307 g/mol. The zero-order valence-electron chi connectivity index (χ0n) is 13.0. The molecule has 0 amide bonds. The van der Waals surface area contributed by atoms with E-state index in [1.165, 1.54) is 0 Å². The Morgan fingerprint density at radius 3 is 2.39 bits per heavy atom. The van der Waals surface area contributed by atoms with Crippen LogP contribution in [0.25, 0.3) is 22.4 Å². The molecule has 0 saturated carbocycles. The molecule has 2 aromatic carbocycles. The maximum absolute atomic E-state index is 11.4. The van der Waals surface area contributed by atoms with Crippen LogP contribution in [0.1, 0.15) is 22.8 Å². The van der Waals surface area contributed by atoms with Crippen molar-refractivity contribution >= 4 is 5.97 Å². The van der Waals surface area contributed by atoms with E-state index in [0.29, 0.717) is 5.69 Å². The number of carboxylic acid groups (broad SMARTS) is 1. The van der Waals surface area contributed by atoms with Crippen LogP contribution < -0.4 is 0 Å². The largest absolute Gasteiger partial charge is 0.478 e. The number of aromatic nitrogens is 3. The highest BCUT2D eigenvalue weighted by atomic mass is 16.4. The van der Waals surface area contributed by atoms with E-state index in [9.17, 15) is 9.90 Å². The van der Waals surface area contributed by atoms with Crippen LogP contribution in [0.2, 0.25) is 0 Å². The Balaban J connectivity index is 2.13. The average molecular weight is 307 g/mol. The number of hydrogen-bond donors (Lipinski definition) is 1. The second-order valence-electron chi connectivity index (χ2n) is 5.43. The highest BCUT2D eigenvalue weighted by Crippen LogP contribution is 2.27. The van der Waals surface area contributed by atoms with E-state index >= 15 is 0 Å². The van der Waals surface area contributed by atoms with Crippen molar-refractivity contribution in [1.29, 1.82) is 0 Å². The molecule has 116 valence electrons. The fourth-order valence-electron chi connectivity index (χ4n) is 2.40. The van der Waals surface area contributed by atoms with Crippen LogP contribution in [0.5, 0.6) is 0 Å². The predicted molar refractivity (Wildman–Crippen MR) is 88.3 cm³/mol. The standard InChI is InChI=1S/C18H17N3O2/c1-3-21-11-17(19-20-21)15-8-14(9-16(10-15)18(22)23)13-6-4-12(2)5-7-13/h4-11H,3H2,1-2H3,(H,22,23). The molecule has 0 spiro atoms. The number of rotatable bonds is 4. The molecule has 3 aromatic rings. The van der Waals surface area contributed by atoms with Crippen molar-refractivity contribution in [2.75, 3.05) is 0 Å². The SMILES string of the molecule is CCn1cc(-c2cc(C(=O)O)cc(-c3ccc(C)cc3)c2)nn1. The number of benzene rings is 2. The lowest BCUT2D eigenvalue weighted by molar-refractivity contribution is 0.0697. The smallest absolute Gasteiger partial charge is 0.335 e. The third-order valence-electron chi connectivity index (χ3n) is 3.72. The van der Waals surface area contributed by atoms with Crippen molar-refractivity contribution in [2.45, 2.75) is 20.4 Å². The molecular formula is C18H17N3O2. The number of aryl methyl sites for hydroxylation is 2. The minimum absolute atomic E-state index is 0.240. The summed E-state index contributed by atoms with van der Waals surface area (Å²) < 4.78 is 1.72. The van der Waals surface area contributed by atoms with Gasteiger partial charge >= 0.3 is 5.97 Å². The summed E-state index contributed by atoms with van der Waals surface area (Å²) in [5.74, 6) is -0.955. The topological polar surface area (TPSA) is 68.0 Å². The molecule has 0 aliphatic carbocycles. The van der Waals surface area contributed by atoms with Gasteiger partial charge < -0.3 is 5.11 Å². The summed E-state index contributed by atoms with van der Waals surface area (Å²) in [6.45, 7) is 4.71. The number of carboxylic acids is 1. The highest BCUT2D eigenvalue weighted by Gasteiger charge is 2.12. The van der Waals surface area contributed by atoms with Crippen LogP contribution in [0, 0.1) is 6.92 Å². The van der Waals surface area contributed by atoms with Crippen molar-refractivity contribution in [3.05, 3.63) is 59.8 Å². The Bertz CT molecular complexity index is 851. The summed E-state index contributed by atoms with van der Waals surface area (Å²) in [5.41, 5.74) is 4.65. The zero-order chi connectivity index (χ0) is 16.4. The first kappa shape index (κ1) is 15.0. The first-order chi connectivity index (χ1) is 11.1. The fraction of sp³-hybridized carbons (Fsp3) is 0.167. The average Bonchev–Trinajstić information content (AvgIpc) is 3.04. The summed E-state index contributed by atoms with van der Waals surface area (Å²) in [6.07, 6.45) is 1.82. The fourth-order valence-corrected chi connectivity index (χ4v) is 2.40. The molecular weight excluding hydrogens is 290 g/mol. The van der Waals surface area contributed by atoms with Gasteiger partial charge in [-0.2, -0.15) is 0 Å². The Morgan fingerprint density at radius 2 is 1.78 bits per heavy atom. The molecule has 0 bridgehead atoms. The molecule has 5 heteroatoms. The van der Waals surface area contributed by atoms with Crippen molar-refractivity contribution < 1.29 is 9.90 Å². The van der Waals surface area contributed by atoms with Crippen LogP contribution >= 0.6 is 0 Å². The van der Waals surface area contributed by atoms with Crippen LogP contribution in [0.4, 0.5) is 0 Å². The number of hydrogen-bond acceptors (Lipinski definition) is 3. The van der Waals surface area contributed by atoms with Crippen LogP contribution in [-0.2, 0) is 6.54 Å². The number of aromatic carboxylic acids is 1. The molecule has 0 fully saturated rings. The summed E-state index contributed by atoms with van der Waals surface area (Å²) in [7, 11) is 0. The van der Waals surface area contributed by atoms with E-state index in [0.717, 1.165) is 28.8 Å². The van der Waals surface area contributed by atoms with Crippen molar-refractivity contribution in [3.8, 4) is 22.4 Å². The Kier molecular flexibility index (Phi) is 3.93. The molecule has 0 unspecified atom stereocenters. The summed E-state index contributed by atoms with van der Waals surface area (Å²) in [5, 5.41) is 17.5. The van der Waals surface area contributed by atoms with Gasteiger partial charge in [-0.25, -0.2) is 4.79 Å². The van der Waals surface area contributed by atoms with Gasteiger partial charge in [0.1, 0.15) is 5.69 Å². The summed E-state index contributed by atoms with van der Waals surface area (Å²) in [4.78, 5) is 11.4. The maximum atomic E-state index is 11.4. The van der Waals surface area contributed by atoms with Gasteiger partial charge in [0.05, 0.1) is 11.8 Å². The molecule has 3 rings (SSSR count). The Hall–Kier alpha value is -2.95. The minimum atomic E-state index is -0.955. The van der Waals surface area contributed by atoms with Gasteiger partial charge in [0.25, 0.3) is 0 Å². The first-order valence-electron chi connectivity index (χ1n) is 7.42. The molecule has 0 atom stereocenters. The van der Waals surface area contributed by atoms with E-state index in [1.807, 2.05) is 50.4 Å². The lowest BCUT2D eigenvalue weighted by Gasteiger charge is -2.07. The molecule has 23 heavy (non-hydrogen) atoms. The van der Waals surface area contributed by atoms with Gasteiger partial charge in [-0.1, -0.05) is 35.0 Å². The van der Waals surface area contributed by atoms with E-state index in [-0.39, 0.29) is 5.56 Å². The van der Waals surface area contributed by atoms with Gasteiger partial charge in [0.2, 0.25) is 0 Å². The molecule has 5 nitrogen and oxygen atoms in total. The van der Waals surface area contributed by atoms with E-state index in [2.05, 4.69) is 10.3 Å². The number of carbonyl (C=O) groups is 1. The highest BCUT2D eigenvalue weighted by molar-refractivity contribution is 5.91. The van der Waals surface area contributed by atoms with E-state index in [1.54, 1.807) is 16.8 Å². The van der Waals surface area contributed by atoms with Gasteiger partial charge in [-0.3, -0.25) is 4.68 Å². The van der Waals surface area contributed by atoms with Crippen molar-refractivity contribution in [2.24, 2.45) is 0 Å². The van der Waals surface area contributed by atoms with Gasteiger partial charge in [-0.05, 0) is 43.2 Å². The molecule has 0 saturated heterocycles. The van der Waals surface area contributed by atoms with Gasteiger partial charge in [-0.15, -0.1) is 5.10 Å². The third-order valence-corrected chi connectivity index (χ3v) is 3.72. The number of nitrogens with zero attached hydrogens (tertiary/aromatic N) is 3. The van der Waals surface area contributed by atoms with Crippen LogP contribution in [-0.4, -0.2) is 26.1 Å².